The predicted octanol–water partition coefficient (Wildman–Crippen LogP) is 15.4. The number of allylic oxidation sites excluding steroid dienone is 1. The molecule has 1 aliphatic rings. The summed E-state index contributed by atoms with van der Waals surface area (Å²) in [5.74, 6) is 0.488. The second-order valence-corrected chi connectivity index (χ2v) is 17.2. The Morgan fingerprint density at radius 3 is 1.81 bits per heavy atom. The van der Waals surface area contributed by atoms with Crippen LogP contribution in [0.3, 0.4) is 0 Å². The van der Waals surface area contributed by atoms with Gasteiger partial charge in [0, 0.05) is 16.5 Å². The second kappa shape index (κ2) is 15.6. The van der Waals surface area contributed by atoms with Crippen molar-refractivity contribution in [3.8, 4) is 44.5 Å². The Kier molecular flexibility index (Phi) is 9.43. The molecule has 10 aromatic rings. The summed E-state index contributed by atoms with van der Waals surface area (Å²) in [6, 6.07) is 76.6. The summed E-state index contributed by atoms with van der Waals surface area (Å²) < 4.78 is 0. The van der Waals surface area contributed by atoms with E-state index in [-0.39, 0.29) is 5.41 Å². The molecule has 63 heavy (non-hydrogen) atoms. The van der Waals surface area contributed by atoms with E-state index in [0.29, 0.717) is 12.3 Å². The minimum atomic E-state index is -0.115. The number of hydrogen-bond donors (Lipinski definition) is 1. The lowest BCUT2D eigenvalue weighted by molar-refractivity contribution is 0.661. The van der Waals surface area contributed by atoms with Gasteiger partial charge in [0.25, 0.3) is 0 Å². The van der Waals surface area contributed by atoms with Gasteiger partial charge >= 0.3 is 0 Å². The Labute approximate surface area is 369 Å². The topological polar surface area (TPSA) is 38.4 Å². The maximum atomic E-state index is 6.79. The highest BCUT2D eigenvalue weighted by molar-refractivity contribution is 6.12. The van der Waals surface area contributed by atoms with Crippen LogP contribution in [0.4, 0.5) is 0 Å². The van der Waals surface area contributed by atoms with E-state index >= 15 is 0 Å². The number of rotatable bonds is 8. The average molecular weight is 807 g/mol. The van der Waals surface area contributed by atoms with Crippen molar-refractivity contribution in [2.45, 2.75) is 25.7 Å². The summed E-state index contributed by atoms with van der Waals surface area (Å²) in [5.41, 5.74) is 23.4. The Morgan fingerprint density at radius 1 is 0.460 bits per heavy atom. The van der Waals surface area contributed by atoms with Crippen LogP contribution >= 0.6 is 0 Å². The van der Waals surface area contributed by atoms with Crippen molar-refractivity contribution in [1.82, 2.24) is 0 Å². The molecule has 10 aromatic carbocycles. The first kappa shape index (κ1) is 38.1. The monoisotopic (exact) mass is 806 g/mol. The number of hydrogen-bond acceptors (Lipinski definition) is 1. The van der Waals surface area contributed by atoms with Gasteiger partial charge in [0.15, 0.2) is 0 Å². The van der Waals surface area contributed by atoms with Crippen LogP contribution in [0.15, 0.2) is 223 Å². The van der Waals surface area contributed by atoms with Gasteiger partial charge in [-0.05, 0) is 106 Å². The molecular formula is C61H46N2. The summed E-state index contributed by atoms with van der Waals surface area (Å²) in [5, 5.41) is 7.37. The Hall–Kier alpha value is -7.81. The van der Waals surface area contributed by atoms with Gasteiger partial charge in [0.05, 0.1) is 5.70 Å². The van der Waals surface area contributed by atoms with E-state index in [2.05, 4.69) is 202 Å². The molecule has 0 atom stereocenters. The van der Waals surface area contributed by atoms with E-state index in [1.165, 1.54) is 88.1 Å². The molecule has 2 N–H and O–H groups in total. The predicted molar refractivity (Wildman–Crippen MR) is 268 cm³/mol. The van der Waals surface area contributed by atoms with Gasteiger partial charge in [0.2, 0.25) is 0 Å². The lowest BCUT2D eigenvalue weighted by Crippen LogP contribution is -2.15. The molecule has 0 fully saturated rings. The lowest BCUT2D eigenvalue weighted by Gasteiger charge is -2.22. The van der Waals surface area contributed by atoms with Gasteiger partial charge in [-0.3, -0.25) is 0 Å². The van der Waals surface area contributed by atoms with E-state index in [1.54, 1.807) is 0 Å². The summed E-state index contributed by atoms with van der Waals surface area (Å²) >= 11 is 0. The van der Waals surface area contributed by atoms with Crippen molar-refractivity contribution in [3.63, 3.8) is 0 Å². The molecule has 0 heterocycles. The van der Waals surface area contributed by atoms with E-state index < -0.39 is 0 Å². The number of nitrogens with zero attached hydrogens (tertiary/aromatic N) is 1. The molecule has 0 spiro atoms. The molecule has 0 saturated heterocycles. The maximum Gasteiger partial charge on any atom is 0.131 e. The van der Waals surface area contributed by atoms with Gasteiger partial charge in [0.1, 0.15) is 5.84 Å². The van der Waals surface area contributed by atoms with Crippen LogP contribution in [0.1, 0.15) is 41.7 Å². The van der Waals surface area contributed by atoms with Crippen LogP contribution in [0.2, 0.25) is 0 Å². The minimum absolute atomic E-state index is 0.115. The Bertz CT molecular complexity index is 3450. The maximum absolute atomic E-state index is 6.79. The summed E-state index contributed by atoms with van der Waals surface area (Å²) in [4.78, 5) is 5.18. The molecule has 0 unspecified atom stereocenters. The fraction of sp³-hybridized carbons (Fsp3) is 0.0656. The summed E-state index contributed by atoms with van der Waals surface area (Å²) in [7, 11) is 0. The van der Waals surface area contributed by atoms with Crippen molar-refractivity contribution in [2.75, 3.05) is 0 Å². The fourth-order valence-corrected chi connectivity index (χ4v) is 9.96. The zero-order valence-electron chi connectivity index (χ0n) is 35.5. The lowest BCUT2D eigenvalue weighted by atomic mass is 9.81. The van der Waals surface area contributed by atoms with Gasteiger partial charge < -0.3 is 5.73 Å². The summed E-state index contributed by atoms with van der Waals surface area (Å²) in [6.07, 6.45) is 2.93. The third kappa shape index (κ3) is 6.72. The van der Waals surface area contributed by atoms with Gasteiger partial charge in [-0.2, -0.15) is 0 Å². The first-order chi connectivity index (χ1) is 30.9. The highest BCUT2D eigenvalue weighted by Gasteiger charge is 2.36. The van der Waals surface area contributed by atoms with Crippen LogP contribution in [0.5, 0.6) is 0 Å². The van der Waals surface area contributed by atoms with Crippen LogP contribution < -0.4 is 5.73 Å². The molecule has 11 rings (SSSR count). The molecule has 0 aliphatic heterocycles. The smallest absolute Gasteiger partial charge is 0.131 e. The molecule has 0 radical (unpaired) electrons. The van der Waals surface area contributed by atoms with Crippen molar-refractivity contribution in [3.05, 3.63) is 246 Å². The molecule has 2 heteroatoms. The normalized spacial score (nSPS) is 13.4. The van der Waals surface area contributed by atoms with E-state index in [1.807, 2.05) is 30.3 Å². The number of fused-ring (bicyclic) bond motifs is 7. The van der Waals surface area contributed by atoms with Crippen LogP contribution in [0, 0.1) is 0 Å². The molecule has 0 amide bonds. The van der Waals surface area contributed by atoms with Crippen molar-refractivity contribution in [2.24, 2.45) is 10.7 Å². The Balaban J connectivity index is 1.01. The first-order valence-electron chi connectivity index (χ1n) is 21.9. The molecule has 0 bridgehead atoms. The number of aliphatic imine (C=N–C) groups is 1. The number of nitrogens with two attached hydrogens (primary N) is 1. The van der Waals surface area contributed by atoms with Crippen LogP contribution in [0.25, 0.3) is 82.5 Å². The zero-order chi connectivity index (χ0) is 42.5. The fourth-order valence-electron chi connectivity index (χ4n) is 9.96. The molecule has 1 aliphatic carbocycles. The SMILES string of the molecule is CC1(C)c2cc(-c3ccc(-c4ccc(/C(=C/Cc5cccc(-c6ccccc6)c5)N=C(N)c5ccccc5)c5ccccc45)c4ccccc34)ccc2-c2c1ccc1ccccc21. The van der Waals surface area contributed by atoms with Crippen molar-refractivity contribution in [1.29, 1.82) is 0 Å². The van der Waals surface area contributed by atoms with E-state index in [0.717, 1.165) is 22.2 Å². The Morgan fingerprint density at radius 2 is 1.05 bits per heavy atom. The highest BCUT2D eigenvalue weighted by atomic mass is 14.9. The zero-order valence-corrected chi connectivity index (χ0v) is 35.5. The quantitative estimate of drug-likeness (QED) is 0.121. The standard InChI is InChI=1S/C61H46N2/c1-61(2)56-36-30-42-19-9-10-23-47(42)59(56)55-31-29-45(39-57(55)61)46-32-33-52(49-25-12-11-24-48(46)49)53-34-35-54(51-27-14-13-26-50(51)53)58(63-60(62)43-20-7-4-8-21-43)37-28-40-16-15-22-44(38-40)41-17-5-3-6-18-41/h3-27,29-39H,28H2,1-2H3,(H2,62,63)/b58-37-. The third-order valence-electron chi connectivity index (χ3n) is 13.2. The van der Waals surface area contributed by atoms with Gasteiger partial charge in [-0.15, -0.1) is 0 Å². The molecule has 0 aromatic heterocycles. The molecule has 2 nitrogen and oxygen atoms in total. The number of benzene rings is 10. The largest absolute Gasteiger partial charge is 0.383 e. The third-order valence-corrected chi connectivity index (χ3v) is 13.2. The van der Waals surface area contributed by atoms with Crippen molar-refractivity contribution < 1.29 is 0 Å². The second-order valence-electron chi connectivity index (χ2n) is 17.2. The van der Waals surface area contributed by atoms with Crippen molar-refractivity contribution >= 4 is 43.9 Å². The molecule has 0 saturated carbocycles. The van der Waals surface area contributed by atoms with Gasteiger partial charge in [-0.25, -0.2) is 4.99 Å². The highest BCUT2D eigenvalue weighted by Crippen LogP contribution is 2.52. The minimum Gasteiger partial charge on any atom is -0.383 e. The first-order valence-corrected chi connectivity index (χ1v) is 21.9. The van der Waals surface area contributed by atoms with Crippen LogP contribution in [-0.2, 0) is 11.8 Å². The number of amidine groups is 1. The van der Waals surface area contributed by atoms with E-state index in [9.17, 15) is 0 Å². The van der Waals surface area contributed by atoms with E-state index in [4.69, 9.17) is 10.7 Å². The van der Waals surface area contributed by atoms with Crippen LogP contribution in [-0.4, -0.2) is 5.84 Å². The van der Waals surface area contributed by atoms with Gasteiger partial charge in [-0.1, -0.05) is 226 Å². The molecule has 300 valence electrons. The molecular weight excluding hydrogens is 761 g/mol. The average Bonchev–Trinajstić information content (AvgIpc) is 3.58. The summed E-state index contributed by atoms with van der Waals surface area (Å²) in [6.45, 7) is 4.75.